The summed E-state index contributed by atoms with van der Waals surface area (Å²) in [5.41, 5.74) is 7.56. The Morgan fingerprint density at radius 1 is 1.29 bits per heavy atom. The van der Waals surface area contributed by atoms with Crippen LogP contribution in [0.2, 0.25) is 0 Å². The number of nitrogens with one attached hydrogen (secondary N) is 1. The highest BCUT2D eigenvalue weighted by Gasteiger charge is 2.32. The van der Waals surface area contributed by atoms with Gasteiger partial charge in [-0.05, 0) is 55.6 Å². The second-order valence-corrected chi connectivity index (χ2v) is 7.34. The highest BCUT2D eigenvalue weighted by atomic mass is 16.1. The molecule has 0 bridgehead atoms. The van der Waals surface area contributed by atoms with Crippen molar-refractivity contribution in [2.24, 2.45) is 17.3 Å². The van der Waals surface area contributed by atoms with Crippen molar-refractivity contribution in [3.63, 3.8) is 0 Å². The molecule has 1 aliphatic rings. The summed E-state index contributed by atoms with van der Waals surface area (Å²) in [5.74, 6) is 1.56. The number of anilines is 2. The number of pyridine rings is 1. The van der Waals surface area contributed by atoms with Gasteiger partial charge in [-0.2, -0.15) is 0 Å². The molecule has 0 unspecified atom stereocenters. The third-order valence-electron chi connectivity index (χ3n) is 4.66. The fraction of sp³-hybridized carbons (Fsp3) is 0.647. The molecule has 0 spiro atoms. The van der Waals surface area contributed by atoms with E-state index in [9.17, 15) is 4.79 Å². The zero-order valence-electron chi connectivity index (χ0n) is 13.6. The van der Waals surface area contributed by atoms with Crippen LogP contribution in [0.15, 0.2) is 12.3 Å². The molecule has 2 rings (SSSR count). The number of aromatic nitrogens is 1. The van der Waals surface area contributed by atoms with Crippen molar-refractivity contribution in [2.75, 3.05) is 11.1 Å². The minimum absolute atomic E-state index is 0.0998. The van der Waals surface area contributed by atoms with Crippen molar-refractivity contribution >= 4 is 17.4 Å². The second-order valence-electron chi connectivity index (χ2n) is 7.34. The Hall–Kier alpha value is -1.58. The molecule has 1 aromatic rings. The lowest BCUT2D eigenvalue weighted by atomic mass is 9.69. The lowest BCUT2D eigenvalue weighted by molar-refractivity contribution is -0.121. The first-order valence-corrected chi connectivity index (χ1v) is 7.80. The van der Waals surface area contributed by atoms with E-state index >= 15 is 0 Å². The molecule has 0 radical (unpaired) electrons. The summed E-state index contributed by atoms with van der Waals surface area (Å²) in [7, 11) is 0. The molecule has 1 amide bonds. The number of amides is 1. The molecule has 1 heterocycles. The molecule has 1 aliphatic carbocycles. The van der Waals surface area contributed by atoms with Crippen molar-refractivity contribution < 1.29 is 4.79 Å². The molecule has 1 aromatic heterocycles. The van der Waals surface area contributed by atoms with Crippen molar-refractivity contribution in [1.82, 2.24) is 4.98 Å². The van der Waals surface area contributed by atoms with Gasteiger partial charge in [0.05, 0.1) is 11.9 Å². The second kappa shape index (κ2) is 6.04. The number of nitrogens with two attached hydrogens (primary N) is 1. The molecular weight excluding hydrogens is 262 g/mol. The van der Waals surface area contributed by atoms with E-state index in [1.54, 1.807) is 6.20 Å². The van der Waals surface area contributed by atoms with Crippen LogP contribution in [0.4, 0.5) is 11.5 Å². The highest BCUT2D eigenvalue weighted by molar-refractivity contribution is 5.92. The van der Waals surface area contributed by atoms with Crippen molar-refractivity contribution in [2.45, 2.75) is 53.4 Å². The zero-order chi connectivity index (χ0) is 15.6. The Labute approximate surface area is 127 Å². The van der Waals surface area contributed by atoms with Gasteiger partial charge in [-0.1, -0.05) is 20.8 Å². The molecule has 0 atom stereocenters. The topological polar surface area (TPSA) is 68.0 Å². The van der Waals surface area contributed by atoms with Gasteiger partial charge < -0.3 is 11.1 Å². The van der Waals surface area contributed by atoms with Gasteiger partial charge in [0.15, 0.2) is 0 Å². The van der Waals surface area contributed by atoms with E-state index in [1.807, 2.05) is 13.0 Å². The van der Waals surface area contributed by atoms with Crippen molar-refractivity contribution in [3.8, 4) is 0 Å². The number of hydrogen-bond donors (Lipinski definition) is 2. The quantitative estimate of drug-likeness (QED) is 0.871. The smallest absolute Gasteiger partial charge is 0.228 e. The lowest BCUT2D eigenvalue weighted by Gasteiger charge is -2.36. The number of nitrogen functional groups attached to an aromatic ring is 1. The fourth-order valence-corrected chi connectivity index (χ4v) is 3.17. The Bertz CT molecular complexity index is 511. The maximum absolute atomic E-state index is 12.4. The predicted octanol–water partition coefficient (Wildman–Crippen LogP) is 3.76. The van der Waals surface area contributed by atoms with Gasteiger partial charge in [0.25, 0.3) is 0 Å². The van der Waals surface area contributed by atoms with Crippen molar-refractivity contribution in [3.05, 3.63) is 17.8 Å². The van der Waals surface area contributed by atoms with Crippen LogP contribution in [0.25, 0.3) is 0 Å². The van der Waals surface area contributed by atoms with Gasteiger partial charge in [0, 0.05) is 5.92 Å². The highest BCUT2D eigenvalue weighted by Crippen LogP contribution is 2.40. The summed E-state index contributed by atoms with van der Waals surface area (Å²) in [6, 6.07) is 1.83. The number of nitrogens with zero attached hydrogens (tertiary/aromatic N) is 1. The summed E-state index contributed by atoms with van der Waals surface area (Å²) in [6.45, 7) is 8.79. The fourth-order valence-electron chi connectivity index (χ4n) is 3.17. The minimum Gasteiger partial charge on any atom is -0.397 e. The first-order valence-electron chi connectivity index (χ1n) is 7.80. The molecule has 4 heteroatoms. The SMILES string of the molecule is Cc1cc(N)cnc1NC(=O)C1CCC(C(C)(C)C)CC1. The monoisotopic (exact) mass is 289 g/mol. The average molecular weight is 289 g/mol. The molecule has 0 saturated heterocycles. The summed E-state index contributed by atoms with van der Waals surface area (Å²) in [6.07, 6.45) is 5.80. The maximum Gasteiger partial charge on any atom is 0.228 e. The third-order valence-corrected chi connectivity index (χ3v) is 4.66. The molecule has 0 aliphatic heterocycles. The first-order chi connectivity index (χ1) is 9.77. The van der Waals surface area contributed by atoms with E-state index in [4.69, 9.17) is 5.73 Å². The van der Waals surface area contributed by atoms with Crippen LogP contribution in [0.5, 0.6) is 0 Å². The van der Waals surface area contributed by atoms with Crippen LogP contribution in [0.1, 0.15) is 52.0 Å². The first kappa shape index (κ1) is 15.8. The number of hydrogen-bond acceptors (Lipinski definition) is 3. The van der Waals surface area contributed by atoms with Gasteiger partial charge in [0.2, 0.25) is 5.91 Å². The van der Waals surface area contributed by atoms with Crippen LogP contribution in [0.3, 0.4) is 0 Å². The van der Waals surface area contributed by atoms with E-state index in [0.717, 1.165) is 37.2 Å². The Kier molecular flexibility index (Phi) is 4.55. The van der Waals surface area contributed by atoms with Gasteiger partial charge >= 0.3 is 0 Å². The molecule has 0 aromatic carbocycles. The van der Waals surface area contributed by atoms with Crippen LogP contribution in [0, 0.1) is 24.2 Å². The largest absolute Gasteiger partial charge is 0.397 e. The minimum atomic E-state index is 0.0998. The molecule has 3 N–H and O–H groups in total. The number of aryl methyl sites for hydroxylation is 1. The van der Waals surface area contributed by atoms with E-state index in [-0.39, 0.29) is 11.8 Å². The number of rotatable bonds is 2. The molecule has 4 nitrogen and oxygen atoms in total. The lowest BCUT2D eigenvalue weighted by Crippen LogP contribution is -2.31. The summed E-state index contributed by atoms with van der Waals surface area (Å²) in [5, 5.41) is 2.96. The predicted molar refractivity (Wildman–Crippen MR) is 86.9 cm³/mol. The molecule has 116 valence electrons. The van der Waals surface area contributed by atoms with E-state index in [1.165, 1.54) is 0 Å². The van der Waals surface area contributed by atoms with E-state index < -0.39 is 0 Å². The van der Waals surface area contributed by atoms with E-state index in [0.29, 0.717) is 16.9 Å². The maximum atomic E-state index is 12.4. The molecule has 21 heavy (non-hydrogen) atoms. The van der Waals surface area contributed by atoms with Gasteiger partial charge in [-0.15, -0.1) is 0 Å². The van der Waals surface area contributed by atoms with Crippen LogP contribution < -0.4 is 11.1 Å². The standard InChI is InChI=1S/C17H27N3O/c1-11-9-14(18)10-19-15(11)20-16(21)12-5-7-13(8-6-12)17(2,3)4/h9-10,12-13H,5-8,18H2,1-4H3,(H,19,20,21). The van der Waals surface area contributed by atoms with Gasteiger partial charge in [-0.25, -0.2) is 4.98 Å². The summed E-state index contributed by atoms with van der Waals surface area (Å²) >= 11 is 0. The van der Waals surface area contributed by atoms with E-state index in [2.05, 4.69) is 31.1 Å². The Morgan fingerprint density at radius 2 is 1.90 bits per heavy atom. The molecule has 1 saturated carbocycles. The van der Waals surface area contributed by atoms with Crippen molar-refractivity contribution in [1.29, 1.82) is 0 Å². The van der Waals surface area contributed by atoms with Crippen LogP contribution in [-0.2, 0) is 4.79 Å². The average Bonchev–Trinajstić information content (AvgIpc) is 2.41. The van der Waals surface area contributed by atoms with Gasteiger partial charge in [0.1, 0.15) is 5.82 Å². The van der Waals surface area contributed by atoms with Crippen LogP contribution >= 0.6 is 0 Å². The zero-order valence-corrected chi connectivity index (χ0v) is 13.6. The van der Waals surface area contributed by atoms with Crippen LogP contribution in [-0.4, -0.2) is 10.9 Å². The Balaban J connectivity index is 1.93. The molecule has 1 fully saturated rings. The third kappa shape index (κ3) is 3.96. The summed E-state index contributed by atoms with van der Waals surface area (Å²) < 4.78 is 0. The number of carbonyl (C=O) groups excluding carboxylic acids is 1. The Morgan fingerprint density at radius 3 is 2.43 bits per heavy atom. The molecular formula is C17H27N3O. The summed E-state index contributed by atoms with van der Waals surface area (Å²) in [4.78, 5) is 16.6. The number of carbonyl (C=O) groups is 1. The normalized spacial score (nSPS) is 22.9. The van der Waals surface area contributed by atoms with Gasteiger partial charge in [-0.3, -0.25) is 4.79 Å².